The normalized spacial score (nSPS) is 15.1. The fourth-order valence-electron chi connectivity index (χ4n) is 2.50. The lowest BCUT2D eigenvalue weighted by Crippen LogP contribution is -2.44. The Balaban J connectivity index is 0.00000364. The minimum atomic E-state index is -0.393. The predicted octanol–water partition coefficient (Wildman–Crippen LogP) is 1.94. The minimum Gasteiger partial charge on any atom is -0.379 e. The van der Waals surface area contributed by atoms with Crippen LogP contribution in [0.1, 0.15) is 5.56 Å². The molecule has 0 bridgehead atoms. The van der Waals surface area contributed by atoms with Crippen LogP contribution in [0.3, 0.4) is 0 Å². The van der Waals surface area contributed by atoms with Gasteiger partial charge in [-0.1, -0.05) is 12.1 Å². The smallest absolute Gasteiger partial charge is 0.269 e. The molecule has 0 aliphatic carbocycles. The van der Waals surface area contributed by atoms with E-state index in [0.29, 0.717) is 6.54 Å². The molecule has 10 heteroatoms. The van der Waals surface area contributed by atoms with Crippen LogP contribution >= 0.6 is 35.7 Å². The van der Waals surface area contributed by atoms with Gasteiger partial charge in [0, 0.05) is 50.6 Å². The number of rotatable bonds is 9. The highest BCUT2D eigenvalue weighted by Crippen LogP contribution is 2.12. The van der Waals surface area contributed by atoms with E-state index in [0.717, 1.165) is 63.2 Å². The number of halogens is 1. The fourth-order valence-corrected chi connectivity index (χ4v) is 2.80. The van der Waals surface area contributed by atoms with Crippen molar-refractivity contribution in [2.45, 2.75) is 6.54 Å². The molecule has 0 aromatic heterocycles. The zero-order chi connectivity index (χ0) is 18.6. The first-order valence-corrected chi connectivity index (χ1v) is 10.1. The number of benzene rings is 1. The quantitative estimate of drug-likeness (QED) is 0.131. The largest absolute Gasteiger partial charge is 0.379 e. The molecule has 1 aromatic carbocycles. The van der Waals surface area contributed by atoms with E-state index in [2.05, 4.69) is 26.8 Å². The summed E-state index contributed by atoms with van der Waals surface area (Å²) in [6, 6.07) is 6.51. The van der Waals surface area contributed by atoms with Crippen LogP contribution < -0.4 is 10.6 Å². The average Bonchev–Trinajstić information content (AvgIpc) is 2.67. The molecule has 1 fully saturated rings. The van der Waals surface area contributed by atoms with Crippen LogP contribution in [0.4, 0.5) is 5.69 Å². The molecule has 1 aliphatic heterocycles. The van der Waals surface area contributed by atoms with Crippen LogP contribution in [-0.2, 0) is 11.3 Å². The summed E-state index contributed by atoms with van der Waals surface area (Å²) in [6.07, 6.45) is 2.07. The van der Waals surface area contributed by atoms with Crippen LogP contribution in [0.5, 0.6) is 0 Å². The topological polar surface area (TPSA) is 92.0 Å². The Labute approximate surface area is 181 Å². The molecule has 0 atom stereocenters. The van der Waals surface area contributed by atoms with Gasteiger partial charge < -0.3 is 15.4 Å². The number of hydrogen-bond acceptors (Lipinski definition) is 6. The maximum atomic E-state index is 10.7. The molecule has 2 N–H and O–H groups in total. The van der Waals surface area contributed by atoms with E-state index in [1.807, 2.05) is 0 Å². The van der Waals surface area contributed by atoms with E-state index in [9.17, 15) is 10.1 Å². The van der Waals surface area contributed by atoms with E-state index in [4.69, 9.17) is 4.74 Å². The number of non-ortho nitro benzene ring substituents is 1. The zero-order valence-electron chi connectivity index (χ0n) is 15.6. The Morgan fingerprint density at radius 1 is 1.26 bits per heavy atom. The fraction of sp³-hybridized carbons (Fsp3) is 0.588. The zero-order valence-corrected chi connectivity index (χ0v) is 18.7. The van der Waals surface area contributed by atoms with Crippen molar-refractivity contribution in [2.75, 3.05) is 57.9 Å². The number of nitro benzene ring substituents is 1. The van der Waals surface area contributed by atoms with Gasteiger partial charge in [-0.2, -0.15) is 11.8 Å². The van der Waals surface area contributed by atoms with Gasteiger partial charge >= 0.3 is 0 Å². The lowest BCUT2D eigenvalue weighted by atomic mass is 10.2. The summed E-state index contributed by atoms with van der Waals surface area (Å²) < 4.78 is 5.36. The molecule has 0 saturated carbocycles. The highest BCUT2D eigenvalue weighted by atomic mass is 127. The molecule has 0 radical (unpaired) electrons. The van der Waals surface area contributed by atoms with Crippen LogP contribution in [-0.4, -0.2) is 73.7 Å². The van der Waals surface area contributed by atoms with E-state index in [-0.39, 0.29) is 29.7 Å². The Kier molecular flexibility index (Phi) is 12.4. The number of guanidine groups is 1. The number of nitrogens with zero attached hydrogens (tertiary/aromatic N) is 3. The van der Waals surface area contributed by atoms with Crippen molar-refractivity contribution in [1.82, 2.24) is 15.5 Å². The van der Waals surface area contributed by atoms with Crippen molar-refractivity contribution in [3.63, 3.8) is 0 Å². The van der Waals surface area contributed by atoms with Gasteiger partial charge in [0.25, 0.3) is 5.69 Å². The van der Waals surface area contributed by atoms with Gasteiger partial charge in [0.1, 0.15) is 0 Å². The highest BCUT2D eigenvalue weighted by molar-refractivity contribution is 14.0. The van der Waals surface area contributed by atoms with Crippen LogP contribution in [0.15, 0.2) is 29.3 Å². The van der Waals surface area contributed by atoms with Crippen molar-refractivity contribution in [3.05, 3.63) is 39.9 Å². The molecule has 2 rings (SSSR count). The Hall–Kier alpha value is -1.11. The van der Waals surface area contributed by atoms with Crippen LogP contribution in [0.2, 0.25) is 0 Å². The second-order valence-electron chi connectivity index (χ2n) is 5.89. The summed E-state index contributed by atoms with van der Waals surface area (Å²) in [6.45, 7) is 6.61. The molecule has 1 aliphatic rings. The molecule has 152 valence electrons. The maximum absolute atomic E-state index is 10.7. The lowest BCUT2D eigenvalue weighted by Gasteiger charge is -2.26. The SMILES string of the molecule is CSCCNC(=NCc1ccc([N+](=O)[O-])cc1)NCCN1CCOCC1.I. The second kappa shape index (κ2) is 14.0. The van der Waals surface area contributed by atoms with Gasteiger partial charge in [-0.3, -0.25) is 15.0 Å². The third kappa shape index (κ3) is 9.58. The number of nitro groups is 1. The summed E-state index contributed by atoms with van der Waals surface area (Å²) in [7, 11) is 0. The van der Waals surface area contributed by atoms with Crippen molar-refractivity contribution in [2.24, 2.45) is 4.99 Å². The average molecular weight is 509 g/mol. The second-order valence-corrected chi connectivity index (χ2v) is 6.87. The van der Waals surface area contributed by atoms with E-state index >= 15 is 0 Å². The molecule has 0 unspecified atom stereocenters. The van der Waals surface area contributed by atoms with Crippen molar-refractivity contribution < 1.29 is 9.66 Å². The van der Waals surface area contributed by atoms with Gasteiger partial charge in [0.15, 0.2) is 5.96 Å². The molecule has 8 nitrogen and oxygen atoms in total. The molecule has 27 heavy (non-hydrogen) atoms. The Morgan fingerprint density at radius 2 is 1.93 bits per heavy atom. The first kappa shape index (κ1) is 23.9. The molecule has 0 spiro atoms. The number of ether oxygens (including phenoxy) is 1. The van der Waals surface area contributed by atoms with Crippen molar-refractivity contribution in [3.8, 4) is 0 Å². The number of nitrogens with one attached hydrogen (secondary N) is 2. The molecule has 1 saturated heterocycles. The standard InChI is InChI=1S/C17H27N5O3S.HI/c1-26-13-7-19-17(18-6-8-21-9-11-25-12-10-21)20-14-15-2-4-16(5-3-15)22(23)24;/h2-5H,6-14H2,1H3,(H2,18,19,20);1H. The predicted molar refractivity (Wildman–Crippen MR) is 121 cm³/mol. The van der Waals surface area contributed by atoms with Crippen LogP contribution in [0.25, 0.3) is 0 Å². The van der Waals surface area contributed by atoms with Gasteiger partial charge in [0.05, 0.1) is 24.7 Å². The molecular weight excluding hydrogens is 481 g/mol. The van der Waals surface area contributed by atoms with Gasteiger partial charge in [0.2, 0.25) is 0 Å². The van der Waals surface area contributed by atoms with E-state index in [1.54, 1.807) is 23.9 Å². The van der Waals surface area contributed by atoms with Gasteiger partial charge in [-0.05, 0) is 11.8 Å². The van der Waals surface area contributed by atoms with Crippen molar-refractivity contribution in [1.29, 1.82) is 0 Å². The summed E-state index contributed by atoms with van der Waals surface area (Å²) in [4.78, 5) is 17.3. The highest BCUT2D eigenvalue weighted by Gasteiger charge is 2.10. The van der Waals surface area contributed by atoms with E-state index in [1.165, 1.54) is 12.1 Å². The third-order valence-electron chi connectivity index (χ3n) is 3.99. The molecular formula is C17H28IN5O3S. The summed E-state index contributed by atoms with van der Waals surface area (Å²) in [5.74, 6) is 1.77. The molecule has 0 amide bonds. The molecule has 1 aromatic rings. The van der Waals surface area contributed by atoms with Gasteiger partial charge in [-0.15, -0.1) is 24.0 Å². The lowest BCUT2D eigenvalue weighted by molar-refractivity contribution is -0.384. The van der Waals surface area contributed by atoms with Gasteiger partial charge in [-0.25, -0.2) is 4.99 Å². The third-order valence-corrected chi connectivity index (χ3v) is 4.60. The van der Waals surface area contributed by atoms with E-state index < -0.39 is 4.92 Å². The van der Waals surface area contributed by atoms with Crippen molar-refractivity contribution >= 4 is 47.4 Å². The summed E-state index contributed by atoms with van der Waals surface area (Å²) >= 11 is 1.78. The number of aliphatic imine (C=N–C) groups is 1. The Bertz CT molecular complexity index is 582. The summed E-state index contributed by atoms with van der Waals surface area (Å²) in [5.41, 5.74) is 1.04. The molecule has 1 heterocycles. The number of hydrogen-bond donors (Lipinski definition) is 2. The Morgan fingerprint density at radius 3 is 2.56 bits per heavy atom. The summed E-state index contributed by atoms with van der Waals surface area (Å²) in [5, 5.41) is 17.4. The number of thioether (sulfide) groups is 1. The first-order chi connectivity index (χ1) is 12.7. The minimum absolute atomic E-state index is 0. The van der Waals surface area contributed by atoms with Crippen LogP contribution in [0, 0.1) is 10.1 Å². The number of morpholine rings is 1. The maximum Gasteiger partial charge on any atom is 0.269 e. The first-order valence-electron chi connectivity index (χ1n) is 8.73. The monoisotopic (exact) mass is 509 g/mol.